The van der Waals surface area contributed by atoms with Crippen LogP contribution in [-0.2, 0) is 4.74 Å². The van der Waals surface area contributed by atoms with Gasteiger partial charge in [-0.3, -0.25) is 4.90 Å². The summed E-state index contributed by atoms with van der Waals surface area (Å²) in [5.74, 6) is 0. The predicted molar refractivity (Wildman–Crippen MR) is 66.7 cm³/mol. The van der Waals surface area contributed by atoms with Gasteiger partial charge in [-0.2, -0.15) is 0 Å². The molecule has 0 saturated carbocycles. The molecule has 0 aromatic carbocycles. The second kappa shape index (κ2) is 5.80. The molecule has 0 aromatic heterocycles. The first kappa shape index (κ1) is 12.1. The smallest absolute Gasteiger partial charge is 0.0589 e. The Kier molecular flexibility index (Phi) is 4.38. The summed E-state index contributed by atoms with van der Waals surface area (Å²) >= 11 is 0. The number of likely N-dealkylation sites (tertiary alicyclic amines) is 1. The Hall–Kier alpha value is -0.380. The zero-order chi connectivity index (χ0) is 11.4. The third-order valence-corrected chi connectivity index (χ3v) is 3.82. The number of methoxy groups -OCH3 is 1. The van der Waals surface area contributed by atoms with E-state index in [0.29, 0.717) is 6.04 Å². The van der Waals surface area contributed by atoms with Gasteiger partial charge in [-0.15, -0.1) is 0 Å². The molecule has 2 rings (SSSR count). The molecular weight excluding hydrogens is 200 g/mol. The van der Waals surface area contributed by atoms with Crippen LogP contribution in [0.15, 0.2) is 11.6 Å². The Bertz CT molecular complexity index is 252. The minimum atomic E-state index is 0.712. The number of ether oxygens (including phenoxy) is 1. The molecule has 2 aliphatic rings. The van der Waals surface area contributed by atoms with Crippen LogP contribution in [0.4, 0.5) is 0 Å². The largest absolute Gasteiger partial charge is 0.383 e. The van der Waals surface area contributed by atoms with Crippen molar-refractivity contribution in [1.82, 2.24) is 9.80 Å². The van der Waals surface area contributed by atoms with Gasteiger partial charge in [-0.05, 0) is 32.9 Å². The second-order valence-corrected chi connectivity index (χ2v) is 4.98. The van der Waals surface area contributed by atoms with Crippen molar-refractivity contribution in [3.05, 3.63) is 11.6 Å². The van der Waals surface area contributed by atoms with E-state index >= 15 is 0 Å². The van der Waals surface area contributed by atoms with Gasteiger partial charge in [0.25, 0.3) is 0 Å². The van der Waals surface area contributed by atoms with Gasteiger partial charge in [-0.1, -0.05) is 11.6 Å². The molecule has 0 bridgehead atoms. The maximum atomic E-state index is 5.19. The highest BCUT2D eigenvalue weighted by molar-refractivity contribution is 5.16. The highest BCUT2D eigenvalue weighted by Gasteiger charge is 2.27. The third kappa shape index (κ3) is 2.84. The van der Waals surface area contributed by atoms with E-state index in [1.54, 1.807) is 12.7 Å². The molecular formula is C13H24N2O. The minimum Gasteiger partial charge on any atom is -0.383 e. The molecule has 92 valence electrons. The topological polar surface area (TPSA) is 15.7 Å². The Morgan fingerprint density at radius 2 is 2.31 bits per heavy atom. The molecule has 16 heavy (non-hydrogen) atoms. The molecule has 1 saturated heterocycles. The Balaban J connectivity index is 1.92. The maximum absolute atomic E-state index is 5.19. The molecule has 0 amide bonds. The zero-order valence-electron chi connectivity index (χ0n) is 10.6. The van der Waals surface area contributed by atoms with Crippen LogP contribution >= 0.6 is 0 Å². The highest BCUT2D eigenvalue weighted by Crippen LogP contribution is 2.27. The monoisotopic (exact) mass is 224 g/mol. The van der Waals surface area contributed by atoms with E-state index in [9.17, 15) is 0 Å². The first-order valence-corrected chi connectivity index (χ1v) is 6.41. The van der Waals surface area contributed by atoms with Gasteiger partial charge < -0.3 is 9.64 Å². The zero-order valence-corrected chi connectivity index (χ0v) is 10.6. The van der Waals surface area contributed by atoms with Gasteiger partial charge in [0.15, 0.2) is 0 Å². The number of likely N-dealkylation sites (N-methyl/N-ethyl adjacent to an activating group) is 1. The van der Waals surface area contributed by atoms with Gasteiger partial charge in [-0.25, -0.2) is 0 Å². The van der Waals surface area contributed by atoms with E-state index in [1.807, 2.05) is 0 Å². The van der Waals surface area contributed by atoms with E-state index in [1.165, 1.54) is 32.4 Å². The van der Waals surface area contributed by atoms with Gasteiger partial charge in [0.05, 0.1) is 6.61 Å². The molecule has 0 unspecified atom stereocenters. The first-order valence-electron chi connectivity index (χ1n) is 6.41. The maximum Gasteiger partial charge on any atom is 0.0589 e. The van der Waals surface area contributed by atoms with Gasteiger partial charge in [0, 0.05) is 32.8 Å². The lowest BCUT2D eigenvalue weighted by molar-refractivity contribution is 0.146. The molecule has 3 nitrogen and oxygen atoms in total. The Morgan fingerprint density at radius 3 is 3.00 bits per heavy atom. The van der Waals surface area contributed by atoms with Crippen LogP contribution in [-0.4, -0.2) is 62.8 Å². The van der Waals surface area contributed by atoms with Crippen molar-refractivity contribution in [3.8, 4) is 0 Å². The number of nitrogens with zero attached hydrogens (tertiary/aromatic N) is 2. The average molecular weight is 224 g/mol. The molecule has 3 heteroatoms. The molecule has 2 heterocycles. The minimum absolute atomic E-state index is 0.712. The summed E-state index contributed by atoms with van der Waals surface area (Å²) in [5.41, 5.74) is 1.67. The fourth-order valence-electron chi connectivity index (χ4n) is 2.81. The van der Waals surface area contributed by atoms with Crippen molar-refractivity contribution >= 4 is 0 Å². The van der Waals surface area contributed by atoms with Crippen molar-refractivity contribution in [3.63, 3.8) is 0 Å². The molecule has 0 aromatic rings. The summed E-state index contributed by atoms with van der Waals surface area (Å²) in [6.45, 7) is 5.56. The van der Waals surface area contributed by atoms with E-state index < -0.39 is 0 Å². The third-order valence-electron chi connectivity index (χ3n) is 3.82. The Morgan fingerprint density at radius 1 is 1.44 bits per heavy atom. The van der Waals surface area contributed by atoms with Gasteiger partial charge in [0.2, 0.25) is 0 Å². The normalized spacial score (nSPS) is 28.4. The molecule has 0 radical (unpaired) electrons. The van der Waals surface area contributed by atoms with Crippen LogP contribution in [0, 0.1) is 0 Å². The number of hydrogen-bond donors (Lipinski definition) is 0. The summed E-state index contributed by atoms with van der Waals surface area (Å²) in [5, 5.41) is 0. The number of rotatable bonds is 4. The lowest BCUT2D eigenvalue weighted by atomic mass is 9.98. The molecule has 0 aliphatic carbocycles. The average Bonchev–Trinajstić information content (AvgIpc) is 2.75. The standard InChI is InChI=1S/C13H24N2O/c1-14-8-5-12(6-9-14)13-4-3-7-15(13)10-11-16-2/h5,13H,3-4,6-11H2,1-2H3/t13-/m0/s1. The van der Waals surface area contributed by atoms with Crippen molar-refractivity contribution in [1.29, 1.82) is 0 Å². The lowest BCUT2D eigenvalue weighted by Crippen LogP contribution is -2.36. The first-order chi connectivity index (χ1) is 7.81. The van der Waals surface area contributed by atoms with E-state index in [-0.39, 0.29) is 0 Å². The van der Waals surface area contributed by atoms with Gasteiger partial charge >= 0.3 is 0 Å². The molecule has 2 aliphatic heterocycles. The molecule has 1 fully saturated rings. The summed E-state index contributed by atoms with van der Waals surface area (Å²) in [6.07, 6.45) is 6.39. The highest BCUT2D eigenvalue weighted by atomic mass is 16.5. The van der Waals surface area contributed by atoms with Crippen LogP contribution in [0.2, 0.25) is 0 Å². The van der Waals surface area contributed by atoms with Crippen molar-refractivity contribution in [2.75, 3.05) is 46.9 Å². The van der Waals surface area contributed by atoms with Crippen LogP contribution in [0.5, 0.6) is 0 Å². The van der Waals surface area contributed by atoms with Crippen LogP contribution < -0.4 is 0 Å². The van der Waals surface area contributed by atoms with Crippen LogP contribution in [0.25, 0.3) is 0 Å². The van der Waals surface area contributed by atoms with Gasteiger partial charge in [0.1, 0.15) is 0 Å². The summed E-state index contributed by atoms with van der Waals surface area (Å²) in [6, 6.07) is 0.712. The van der Waals surface area contributed by atoms with Crippen LogP contribution in [0.1, 0.15) is 19.3 Å². The molecule has 1 atom stereocenters. The van der Waals surface area contributed by atoms with E-state index in [4.69, 9.17) is 4.74 Å². The molecule has 0 N–H and O–H groups in total. The fraction of sp³-hybridized carbons (Fsp3) is 0.846. The summed E-state index contributed by atoms with van der Waals surface area (Å²) < 4.78 is 5.19. The fourth-order valence-corrected chi connectivity index (χ4v) is 2.81. The predicted octanol–water partition coefficient (Wildman–Crippen LogP) is 1.36. The van der Waals surface area contributed by atoms with Crippen molar-refractivity contribution in [2.45, 2.75) is 25.3 Å². The Labute approximate surface area is 99.1 Å². The summed E-state index contributed by atoms with van der Waals surface area (Å²) in [7, 11) is 3.99. The van der Waals surface area contributed by atoms with Crippen molar-refractivity contribution < 1.29 is 4.74 Å². The van der Waals surface area contributed by atoms with E-state index in [2.05, 4.69) is 22.9 Å². The van der Waals surface area contributed by atoms with E-state index in [0.717, 1.165) is 19.7 Å². The summed E-state index contributed by atoms with van der Waals surface area (Å²) in [4.78, 5) is 4.98. The molecule has 0 spiro atoms. The lowest BCUT2D eigenvalue weighted by Gasteiger charge is -2.30. The SMILES string of the molecule is COCCN1CCC[C@H]1C1=CCN(C)CC1. The van der Waals surface area contributed by atoms with Crippen molar-refractivity contribution in [2.24, 2.45) is 0 Å². The second-order valence-electron chi connectivity index (χ2n) is 4.98. The quantitative estimate of drug-likeness (QED) is 0.671. The number of hydrogen-bond acceptors (Lipinski definition) is 3. The van der Waals surface area contributed by atoms with Crippen LogP contribution in [0.3, 0.4) is 0 Å².